The van der Waals surface area contributed by atoms with Gasteiger partial charge in [-0.25, -0.2) is 9.78 Å². The number of anilines is 1. The molecule has 0 aliphatic heterocycles. The summed E-state index contributed by atoms with van der Waals surface area (Å²) in [7, 11) is 3.01. The SMILES string of the molecule is COC(=O)c1csc(NCCc2ccccc2OC)n1. The highest BCUT2D eigenvalue weighted by Crippen LogP contribution is 2.19. The normalized spacial score (nSPS) is 10.1. The van der Waals surface area contributed by atoms with Crippen molar-refractivity contribution in [1.29, 1.82) is 0 Å². The number of benzene rings is 1. The molecule has 1 heterocycles. The fraction of sp³-hybridized carbons (Fsp3) is 0.286. The Kier molecular flexibility index (Phi) is 4.95. The maximum absolute atomic E-state index is 11.3. The van der Waals surface area contributed by atoms with E-state index >= 15 is 0 Å². The number of nitrogens with one attached hydrogen (secondary N) is 1. The van der Waals surface area contributed by atoms with Crippen molar-refractivity contribution in [2.75, 3.05) is 26.1 Å². The van der Waals surface area contributed by atoms with Crippen LogP contribution in [0.1, 0.15) is 16.1 Å². The third kappa shape index (κ3) is 3.48. The quantitative estimate of drug-likeness (QED) is 0.829. The van der Waals surface area contributed by atoms with Gasteiger partial charge in [0.2, 0.25) is 0 Å². The first-order valence-electron chi connectivity index (χ1n) is 6.14. The second-order valence-electron chi connectivity index (χ2n) is 4.02. The van der Waals surface area contributed by atoms with Crippen LogP contribution in [0.5, 0.6) is 5.75 Å². The van der Waals surface area contributed by atoms with Gasteiger partial charge in [0.1, 0.15) is 5.75 Å². The van der Waals surface area contributed by atoms with Crippen LogP contribution in [0.2, 0.25) is 0 Å². The zero-order valence-corrected chi connectivity index (χ0v) is 12.2. The first-order chi connectivity index (χ1) is 9.74. The van der Waals surface area contributed by atoms with Crippen LogP contribution in [0.4, 0.5) is 5.13 Å². The molecule has 2 aromatic rings. The molecule has 0 saturated heterocycles. The van der Waals surface area contributed by atoms with Gasteiger partial charge >= 0.3 is 5.97 Å². The Morgan fingerprint density at radius 3 is 2.90 bits per heavy atom. The molecule has 0 unspecified atom stereocenters. The first kappa shape index (κ1) is 14.3. The van der Waals surface area contributed by atoms with Gasteiger partial charge < -0.3 is 14.8 Å². The summed E-state index contributed by atoms with van der Waals surface area (Å²) in [5.74, 6) is 0.461. The number of aromatic nitrogens is 1. The number of carbonyl (C=O) groups excluding carboxylic acids is 1. The lowest BCUT2D eigenvalue weighted by molar-refractivity contribution is 0.0595. The van der Waals surface area contributed by atoms with Gasteiger partial charge in [-0.05, 0) is 18.1 Å². The summed E-state index contributed by atoms with van der Waals surface area (Å²) in [4.78, 5) is 15.4. The molecular weight excluding hydrogens is 276 g/mol. The van der Waals surface area contributed by atoms with Crippen molar-refractivity contribution in [3.05, 3.63) is 40.9 Å². The Bertz CT molecular complexity index is 583. The van der Waals surface area contributed by atoms with Crippen LogP contribution >= 0.6 is 11.3 Å². The van der Waals surface area contributed by atoms with Gasteiger partial charge in [-0.2, -0.15) is 0 Å². The summed E-state index contributed by atoms with van der Waals surface area (Å²) < 4.78 is 9.91. The van der Waals surface area contributed by atoms with E-state index in [4.69, 9.17) is 4.74 Å². The Morgan fingerprint density at radius 1 is 1.35 bits per heavy atom. The van der Waals surface area contributed by atoms with E-state index in [-0.39, 0.29) is 0 Å². The first-order valence-corrected chi connectivity index (χ1v) is 7.02. The van der Waals surface area contributed by atoms with Crippen LogP contribution in [0.15, 0.2) is 29.6 Å². The second-order valence-corrected chi connectivity index (χ2v) is 4.88. The largest absolute Gasteiger partial charge is 0.496 e. The Labute approximate surface area is 121 Å². The number of carbonyl (C=O) groups is 1. The number of hydrogen-bond donors (Lipinski definition) is 1. The molecule has 106 valence electrons. The number of rotatable bonds is 6. The van der Waals surface area contributed by atoms with Crippen LogP contribution in [0.25, 0.3) is 0 Å². The van der Waals surface area contributed by atoms with Gasteiger partial charge in [0.15, 0.2) is 10.8 Å². The fourth-order valence-corrected chi connectivity index (χ4v) is 2.48. The molecule has 0 spiro atoms. The molecular formula is C14H16N2O3S. The van der Waals surface area contributed by atoms with E-state index in [1.807, 2.05) is 24.3 Å². The maximum Gasteiger partial charge on any atom is 0.357 e. The molecule has 1 N–H and O–H groups in total. The van der Waals surface area contributed by atoms with Crippen molar-refractivity contribution < 1.29 is 14.3 Å². The highest BCUT2D eigenvalue weighted by atomic mass is 32.1. The molecule has 20 heavy (non-hydrogen) atoms. The number of thiazole rings is 1. The molecule has 0 atom stereocenters. The lowest BCUT2D eigenvalue weighted by atomic mass is 10.1. The van der Waals surface area contributed by atoms with Gasteiger partial charge in [-0.3, -0.25) is 0 Å². The fourth-order valence-electron chi connectivity index (χ4n) is 1.77. The van der Waals surface area contributed by atoms with E-state index in [1.54, 1.807) is 12.5 Å². The second kappa shape index (κ2) is 6.91. The molecule has 0 bridgehead atoms. The molecule has 5 nitrogen and oxygen atoms in total. The van der Waals surface area contributed by atoms with Crippen LogP contribution in [0.3, 0.4) is 0 Å². The third-order valence-electron chi connectivity index (χ3n) is 2.76. The number of nitrogens with zero attached hydrogens (tertiary/aromatic N) is 1. The molecule has 0 aliphatic rings. The summed E-state index contributed by atoms with van der Waals surface area (Å²) in [6.45, 7) is 0.717. The monoisotopic (exact) mass is 292 g/mol. The van der Waals surface area contributed by atoms with Crippen LogP contribution in [-0.4, -0.2) is 31.7 Å². The van der Waals surface area contributed by atoms with Gasteiger partial charge in [0.05, 0.1) is 14.2 Å². The van der Waals surface area contributed by atoms with Gasteiger partial charge in [0, 0.05) is 11.9 Å². The topological polar surface area (TPSA) is 60.5 Å². The van der Waals surface area contributed by atoms with Crippen molar-refractivity contribution in [1.82, 2.24) is 4.98 Å². The zero-order chi connectivity index (χ0) is 14.4. The highest BCUT2D eigenvalue weighted by Gasteiger charge is 2.10. The van der Waals surface area contributed by atoms with E-state index in [0.29, 0.717) is 17.4 Å². The number of hydrogen-bond acceptors (Lipinski definition) is 6. The number of ether oxygens (including phenoxy) is 2. The average molecular weight is 292 g/mol. The summed E-state index contributed by atoms with van der Waals surface area (Å²) in [5.41, 5.74) is 1.46. The van der Waals surface area contributed by atoms with E-state index in [2.05, 4.69) is 15.0 Å². The van der Waals surface area contributed by atoms with Crippen LogP contribution < -0.4 is 10.1 Å². The Hall–Kier alpha value is -2.08. The minimum Gasteiger partial charge on any atom is -0.496 e. The average Bonchev–Trinajstić information content (AvgIpc) is 2.96. The zero-order valence-electron chi connectivity index (χ0n) is 11.4. The van der Waals surface area contributed by atoms with Crippen molar-refractivity contribution in [3.63, 3.8) is 0 Å². The summed E-state index contributed by atoms with van der Waals surface area (Å²) in [5, 5.41) is 5.57. The Morgan fingerprint density at radius 2 is 2.15 bits per heavy atom. The molecule has 1 aromatic carbocycles. The third-order valence-corrected chi connectivity index (χ3v) is 3.56. The predicted molar refractivity (Wildman–Crippen MR) is 78.6 cm³/mol. The standard InChI is InChI=1S/C14H16N2O3S/c1-18-12-6-4-3-5-10(12)7-8-15-14-16-11(9-20-14)13(17)19-2/h3-6,9H,7-8H2,1-2H3,(H,15,16). The van der Waals surface area contributed by atoms with Crippen molar-refractivity contribution in [3.8, 4) is 5.75 Å². The number of methoxy groups -OCH3 is 2. The lowest BCUT2D eigenvalue weighted by Crippen LogP contribution is -2.07. The van der Waals surface area contributed by atoms with Gasteiger partial charge in [-0.15, -0.1) is 11.3 Å². The molecule has 2 rings (SSSR count). The predicted octanol–water partition coefficient (Wildman–Crippen LogP) is 2.59. The van der Waals surface area contributed by atoms with E-state index in [0.717, 1.165) is 17.7 Å². The van der Waals surface area contributed by atoms with Gasteiger partial charge in [-0.1, -0.05) is 18.2 Å². The minimum absolute atomic E-state index is 0.331. The van der Waals surface area contributed by atoms with Gasteiger partial charge in [0.25, 0.3) is 0 Å². The molecule has 0 radical (unpaired) electrons. The van der Waals surface area contributed by atoms with E-state index in [9.17, 15) is 4.79 Å². The number of esters is 1. The van der Waals surface area contributed by atoms with E-state index < -0.39 is 5.97 Å². The smallest absolute Gasteiger partial charge is 0.357 e. The molecule has 6 heteroatoms. The van der Waals surface area contributed by atoms with Crippen LogP contribution in [-0.2, 0) is 11.2 Å². The summed E-state index contributed by atoms with van der Waals surface area (Å²) >= 11 is 1.38. The number of para-hydroxylation sites is 1. The maximum atomic E-state index is 11.3. The minimum atomic E-state index is -0.418. The van der Waals surface area contributed by atoms with E-state index in [1.165, 1.54) is 18.4 Å². The Balaban J connectivity index is 1.89. The molecule has 0 fully saturated rings. The van der Waals surface area contributed by atoms with Crippen molar-refractivity contribution in [2.45, 2.75) is 6.42 Å². The molecule has 0 saturated carbocycles. The molecule has 0 amide bonds. The highest BCUT2D eigenvalue weighted by molar-refractivity contribution is 7.13. The van der Waals surface area contributed by atoms with Crippen molar-refractivity contribution in [2.24, 2.45) is 0 Å². The molecule has 1 aromatic heterocycles. The summed E-state index contributed by atoms with van der Waals surface area (Å²) in [6, 6.07) is 7.89. The van der Waals surface area contributed by atoms with Crippen molar-refractivity contribution >= 4 is 22.4 Å². The lowest BCUT2D eigenvalue weighted by Gasteiger charge is -2.08. The van der Waals surface area contributed by atoms with Crippen LogP contribution in [0, 0.1) is 0 Å². The molecule has 0 aliphatic carbocycles. The summed E-state index contributed by atoms with van der Waals surface area (Å²) in [6.07, 6.45) is 0.817.